The van der Waals surface area contributed by atoms with Crippen molar-refractivity contribution in [2.75, 3.05) is 31.2 Å². The summed E-state index contributed by atoms with van der Waals surface area (Å²) in [6, 6.07) is 13.3. The van der Waals surface area contributed by atoms with E-state index in [2.05, 4.69) is 0 Å². The number of para-hydroxylation sites is 1. The van der Waals surface area contributed by atoms with Crippen molar-refractivity contribution in [3.8, 4) is 0 Å². The number of hydrogen-bond acceptors (Lipinski definition) is 5. The topological polar surface area (TPSA) is 72.9 Å². The van der Waals surface area contributed by atoms with Crippen LogP contribution in [0.2, 0.25) is 0 Å². The maximum Gasteiger partial charge on any atom is 0.338 e. The standard InChI is InChI=1S/C18H19NO5S/c1-23-11-12-24-18(20)15-6-4-7-16(13-15)25(21,22)19-10-9-14-5-2-3-8-17(14)19/h2-8,13H,9-12H2,1H3. The molecule has 0 aliphatic carbocycles. The van der Waals surface area contributed by atoms with Crippen molar-refractivity contribution in [2.45, 2.75) is 11.3 Å². The van der Waals surface area contributed by atoms with Gasteiger partial charge in [0.15, 0.2) is 0 Å². The van der Waals surface area contributed by atoms with Gasteiger partial charge in [-0.05, 0) is 36.2 Å². The van der Waals surface area contributed by atoms with Crippen LogP contribution in [0.5, 0.6) is 0 Å². The van der Waals surface area contributed by atoms with Gasteiger partial charge in [0.1, 0.15) is 6.61 Å². The summed E-state index contributed by atoms with van der Waals surface area (Å²) < 4.78 is 37.2. The summed E-state index contributed by atoms with van der Waals surface area (Å²) in [5, 5.41) is 0. The molecule has 0 atom stereocenters. The lowest BCUT2D eigenvalue weighted by atomic mass is 10.2. The molecule has 0 unspecified atom stereocenters. The van der Waals surface area contributed by atoms with Crippen molar-refractivity contribution >= 4 is 21.7 Å². The zero-order valence-corrected chi connectivity index (χ0v) is 14.7. The zero-order valence-electron chi connectivity index (χ0n) is 13.8. The monoisotopic (exact) mass is 361 g/mol. The molecule has 3 rings (SSSR count). The summed E-state index contributed by atoms with van der Waals surface area (Å²) in [6.45, 7) is 0.796. The second-order valence-electron chi connectivity index (χ2n) is 5.61. The maximum absolute atomic E-state index is 13.0. The molecule has 132 valence electrons. The number of nitrogens with zero attached hydrogens (tertiary/aromatic N) is 1. The van der Waals surface area contributed by atoms with Crippen molar-refractivity contribution in [1.29, 1.82) is 0 Å². The molecule has 1 aliphatic rings. The van der Waals surface area contributed by atoms with Crippen molar-refractivity contribution in [1.82, 2.24) is 0 Å². The predicted molar refractivity (Wildman–Crippen MR) is 93.3 cm³/mol. The van der Waals surface area contributed by atoms with Crippen molar-refractivity contribution in [3.63, 3.8) is 0 Å². The molecule has 0 N–H and O–H groups in total. The molecular formula is C18H19NO5S. The van der Waals surface area contributed by atoms with Crippen LogP contribution in [0.4, 0.5) is 5.69 Å². The van der Waals surface area contributed by atoms with E-state index in [0.717, 1.165) is 5.56 Å². The lowest BCUT2D eigenvalue weighted by Gasteiger charge is -2.19. The number of esters is 1. The Morgan fingerprint density at radius 3 is 2.72 bits per heavy atom. The number of carbonyl (C=O) groups excluding carboxylic acids is 1. The molecule has 7 heteroatoms. The van der Waals surface area contributed by atoms with Crippen LogP contribution in [-0.2, 0) is 25.9 Å². The molecule has 0 fully saturated rings. The molecule has 0 radical (unpaired) electrons. The average molecular weight is 361 g/mol. The first-order valence-electron chi connectivity index (χ1n) is 7.91. The maximum atomic E-state index is 13.0. The van der Waals surface area contributed by atoms with E-state index in [1.165, 1.54) is 29.6 Å². The van der Waals surface area contributed by atoms with Crippen LogP contribution in [-0.4, -0.2) is 41.3 Å². The summed E-state index contributed by atoms with van der Waals surface area (Å²) >= 11 is 0. The molecule has 0 aromatic heterocycles. The van der Waals surface area contributed by atoms with E-state index in [0.29, 0.717) is 18.7 Å². The fourth-order valence-electron chi connectivity index (χ4n) is 2.77. The van der Waals surface area contributed by atoms with E-state index in [-0.39, 0.29) is 23.7 Å². The third-order valence-corrected chi connectivity index (χ3v) is 5.83. The van der Waals surface area contributed by atoms with Gasteiger partial charge in [0.2, 0.25) is 0 Å². The number of ether oxygens (including phenoxy) is 2. The largest absolute Gasteiger partial charge is 0.460 e. The summed E-state index contributed by atoms with van der Waals surface area (Å²) in [7, 11) is -2.22. The lowest BCUT2D eigenvalue weighted by Crippen LogP contribution is -2.29. The molecule has 0 spiro atoms. The van der Waals surface area contributed by atoms with E-state index in [1.54, 1.807) is 12.1 Å². The number of rotatable bonds is 6. The van der Waals surface area contributed by atoms with Gasteiger partial charge in [0.05, 0.1) is 22.8 Å². The van der Waals surface area contributed by atoms with Crippen LogP contribution in [0.1, 0.15) is 15.9 Å². The fourth-order valence-corrected chi connectivity index (χ4v) is 4.32. The van der Waals surface area contributed by atoms with E-state index < -0.39 is 16.0 Å². The van der Waals surface area contributed by atoms with E-state index in [1.807, 2.05) is 18.2 Å². The first-order chi connectivity index (χ1) is 12.0. The van der Waals surface area contributed by atoms with Gasteiger partial charge in [-0.25, -0.2) is 13.2 Å². The van der Waals surface area contributed by atoms with Crippen LogP contribution in [0.15, 0.2) is 53.4 Å². The highest BCUT2D eigenvalue weighted by molar-refractivity contribution is 7.92. The Morgan fingerprint density at radius 2 is 1.92 bits per heavy atom. The Kier molecular flexibility index (Phi) is 5.06. The smallest absolute Gasteiger partial charge is 0.338 e. The van der Waals surface area contributed by atoms with E-state index in [9.17, 15) is 13.2 Å². The molecule has 6 nitrogen and oxygen atoms in total. The minimum absolute atomic E-state index is 0.0744. The zero-order chi connectivity index (χ0) is 17.9. The van der Waals surface area contributed by atoms with Gasteiger partial charge in [-0.15, -0.1) is 0 Å². The highest BCUT2D eigenvalue weighted by atomic mass is 32.2. The molecule has 1 aliphatic heterocycles. The minimum Gasteiger partial charge on any atom is -0.460 e. The summed E-state index contributed by atoms with van der Waals surface area (Å²) in [5.74, 6) is -0.573. The molecular weight excluding hydrogens is 342 g/mol. The molecule has 25 heavy (non-hydrogen) atoms. The minimum atomic E-state index is -3.73. The molecule has 0 amide bonds. The Balaban J connectivity index is 1.87. The van der Waals surface area contributed by atoms with Crippen molar-refractivity contribution < 1.29 is 22.7 Å². The number of carbonyl (C=O) groups is 1. The number of anilines is 1. The molecule has 0 bridgehead atoms. The molecule has 1 heterocycles. The number of hydrogen-bond donors (Lipinski definition) is 0. The van der Waals surface area contributed by atoms with Gasteiger partial charge in [0.25, 0.3) is 10.0 Å². The molecule has 0 saturated carbocycles. The van der Waals surface area contributed by atoms with Crippen LogP contribution < -0.4 is 4.31 Å². The van der Waals surface area contributed by atoms with Crippen LogP contribution in [0.3, 0.4) is 0 Å². The van der Waals surface area contributed by atoms with Crippen molar-refractivity contribution in [2.24, 2.45) is 0 Å². The first kappa shape index (κ1) is 17.4. The Labute approximate surface area is 147 Å². The highest BCUT2D eigenvalue weighted by Crippen LogP contribution is 2.32. The molecule has 2 aromatic rings. The summed E-state index contributed by atoms with van der Waals surface area (Å²) in [6.07, 6.45) is 0.675. The van der Waals surface area contributed by atoms with Gasteiger partial charge in [-0.2, -0.15) is 0 Å². The van der Waals surface area contributed by atoms with Crippen molar-refractivity contribution in [3.05, 3.63) is 59.7 Å². The van der Waals surface area contributed by atoms with E-state index in [4.69, 9.17) is 9.47 Å². The number of sulfonamides is 1. The third-order valence-electron chi connectivity index (χ3n) is 4.02. The Hall–Kier alpha value is -2.38. The summed E-state index contributed by atoms with van der Waals surface area (Å²) in [4.78, 5) is 12.1. The Morgan fingerprint density at radius 1 is 1.12 bits per heavy atom. The van der Waals surface area contributed by atoms with Gasteiger partial charge in [-0.1, -0.05) is 24.3 Å². The fraction of sp³-hybridized carbons (Fsp3) is 0.278. The van der Waals surface area contributed by atoms with Gasteiger partial charge >= 0.3 is 5.97 Å². The number of methoxy groups -OCH3 is 1. The predicted octanol–water partition coefficient (Wildman–Crippen LogP) is 2.24. The second kappa shape index (κ2) is 7.25. The average Bonchev–Trinajstić information content (AvgIpc) is 3.07. The lowest BCUT2D eigenvalue weighted by molar-refractivity contribution is 0.0388. The van der Waals surface area contributed by atoms with Gasteiger partial charge in [0, 0.05) is 13.7 Å². The normalized spacial score (nSPS) is 13.6. The quantitative estimate of drug-likeness (QED) is 0.583. The van der Waals surface area contributed by atoms with E-state index >= 15 is 0 Å². The van der Waals surface area contributed by atoms with Gasteiger partial charge in [-0.3, -0.25) is 4.31 Å². The summed E-state index contributed by atoms with van der Waals surface area (Å²) in [5.41, 5.74) is 1.89. The van der Waals surface area contributed by atoms with Crippen LogP contribution >= 0.6 is 0 Å². The highest BCUT2D eigenvalue weighted by Gasteiger charge is 2.31. The third kappa shape index (κ3) is 3.52. The van der Waals surface area contributed by atoms with Crippen LogP contribution in [0, 0.1) is 0 Å². The number of fused-ring (bicyclic) bond motifs is 1. The first-order valence-corrected chi connectivity index (χ1v) is 9.35. The van der Waals surface area contributed by atoms with Gasteiger partial charge < -0.3 is 9.47 Å². The second-order valence-corrected chi connectivity index (χ2v) is 7.47. The Bertz CT molecular complexity index is 879. The molecule has 0 saturated heterocycles. The SMILES string of the molecule is COCCOC(=O)c1cccc(S(=O)(=O)N2CCc3ccccc32)c1. The van der Waals surface area contributed by atoms with Crippen LogP contribution in [0.25, 0.3) is 0 Å². The molecule has 2 aromatic carbocycles. The number of benzene rings is 2.